The summed E-state index contributed by atoms with van der Waals surface area (Å²) in [7, 11) is 9.11. The lowest BCUT2D eigenvalue weighted by Crippen LogP contribution is -2.67. The highest BCUT2D eigenvalue weighted by molar-refractivity contribution is 6.67. The average molecular weight is 1180 g/mol. The number of quaternary nitrogens is 2. The summed E-state index contributed by atoms with van der Waals surface area (Å²) in [6.45, 7) is 10.3. The van der Waals surface area contributed by atoms with Crippen LogP contribution in [0.1, 0.15) is 184 Å². The normalized spacial score (nSPS) is 23.1. The lowest BCUT2D eigenvalue weighted by Gasteiger charge is -2.49. The van der Waals surface area contributed by atoms with Gasteiger partial charge in [-0.2, -0.15) is 0 Å². The van der Waals surface area contributed by atoms with Crippen LogP contribution in [0, 0.1) is 0 Å². The van der Waals surface area contributed by atoms with Crippen LogP contribution in [0.2, 0.25) is 12.1 Å². The number of carbonyl (C=O) groups is 8. The van der Waals surface area contributed by atoms with E-state index in [9.17, 15) is 38.4 Å². The van der Waals surface area contributed by atoms with Gasteiger partial charge in [-0.05, 0) is 37.8 Å². The first kappa shape index (κ1) is 72.8. The van der Waals surface area contributed by atoms with Crippen LogP contribution < -0.4 is 0 Å². The van der Waals surface area contributed by atoms with E-state index in [4.69, 9.17) is 56.2 Å². The Morgan fingerprint density at radius 1 is 0.321 bits per heavy atom. The van der Waals surface area contributed by atoms with E-state index >= 15 is 0 Å². The number of ether oxygens (including phenoxy) is 10. The van der Waals surface area contributed by atoms with Gasteiger partial charge in [-0.3, -0.25) is 38.4 Å². The predicted octanol–water partition coefficient (Wildman–Crippen LogP) is 7.84. The molecule has 0 aliphatic carbocycles. The molecule has 0 N–H and O–H groups in total. The Bertz CT molecular complexity index is 1790. The molecular formula is C58H104N2O20Si+2. The molecule has 2 saturated heterocycles. The molecule has 2 rings (SSSR count). The lowest BCUT2D eigenvalue weighted by molar-refractivity contribution is -0.870. The zero-order chi connectivity index (χ0) is 60.8. The van der Waals surface area contributed by atoms with E-state index in [1.54, 1.807) is 0 Å². The maximum atomic E-state index is 13.1. The van der Waals surface area contributed by atoms with Gasteiger partial charge in [-0.15, -0.1) is 0 Å². The van der Waals surface area contributed by atoms with Gasteiger partial charge in [0.1, 0.15) is 25.4 Å². The molecule has 468 valence electrons. The van der Waals surface area contributed by atoms with Gasteiger partial charge in [0.2, 0.25) is 0 Å². The van der Waals surface area contributed by atoms with Crippen molar-refractivity contribution < 1.29 is 104 Å². The fourth-order valence-corrected chi connectivity index (χ4v) is 13.7. The molecule has 10 atom stereocenters. The van der Waals surface area contributed by atoms with E-state index in [-0.39, 0.29) is 12.1 Å². The molecule has 0 amide bonds. The highest BCUT2D eigenvalue weighted by Crippen LogP contribution is 2.39. The Balaban J connectivity index is 2.79. The summed E-state index contributed by atoms with van der Waals surface area (Å²) in [5.74, 6) is -6.37. The van der Waals surface area contributed by atoms with Gasteiger partial charge in [-0.1, -0.05) is 103 Å². The summed E-state index contributed by atoms with van der Waals surface area (Å²) >= 11 is 0. The first-order valence-corrected chi connectivity index (χ1v) is 31.8. The second-order valence-corrected chi connectivity index (χ2v) is 27.2. The number of esters is 8. The molecule has 23 heteroatoms. The van der Waals surface area contributed by atoms with Crippen molar-refractivity contribution in [3.05, 3.63) is 0 Å². The minimum Gasteiger partial charge on any atom is -0.463 e. The van der Waals surface area contributed by atoms with Gasteiger partial charge in [-0.25, -0.2) is 0 Å². The summed E-state index contributed by atoms with van der Waals surface area (Å²) in [5.41, 5.74) is 0. The summed E-state index contributed by atoms with van der Waals surface area (Å²) in [6, 6.07) is 0.459. The smallest absolute Gasteiger partial charge is 0.342 e. The monoisotopic (exact) mass is 1180 g/mol. The van der Waals surface area contributed by atoms with Crippen LogP contribution in [-0.2, 0) is 94.6 Å². The summed E-state index contributed by atoms with van der Waals surface area (Å²) < 4.78 is 75.1. The Morgan fingerprint density at radius 3 is 0.802 bits per heavy atom. The number of hydrogen-bond acceptors (Lipinski definition) is 20. The zero-order valence-electron chi connectivity index (χ0n) is 51.7. The molecule has 2 heterocycles. The molecule has 2 fully saturated rings. The number of nitrogens with zero attached hydrogens (tertiary/aromatic N) is 2. The number of rotatable bonds is 40. The molecule has 0 spiro atoms. The van der Waals surface area contributed by atoms with E-state index in [1.807, 2.05) is 0 Å². The van der Waals surface area contributed by atoms with E-state index in [1.165, 1.54) is 52.4 Å². The van der Waals surface area contributed by atoms with Crippen LogP contribution >= 0.6 is 0 Å². The molecule has 0 bridgehead atoms. The second kappa shape index (κ2) is 37.8. The molecule has 2 aliphatic heterocycles. The molecule has 22 nitrogen and oxygen atoms in total. The zero-order valence-corrected chi connectivity index (χ0v) is 52.7. The first-order valence-electron chi connectivity index (χ1n) is 29.6. The standard InChI is InChI=1S/C58H104N2O20Si/c1-41(61)69-39-49-51(71-43(3)63)53(73-45(5)65)55(75-47(7)67)57(77-49)79-81(37-33-29-25-21-17-15-19-23-27-31-35-59(9,10)11,38-34-30-26-22-18-16-20-24-28-32-36-60(12,13)14)80-58-56(76-48(8)68)54(74-46(6)66)52(72-44(4)64)50(78-58)40-70-42(2)62/h49-58H,15-40H2,1-14H3/q+2/t49?,50?,51-,52-,53?,54?,55+,56+,57+,58+/m1/s1. The van der Waals surface area contributed by atoms with Crippen LogP contribution in [-0.4, -0.2) is 195 Å². The van der Waals surface area contributed by atoms with Crippen LogP contribution in [0.5, 0.6) is 0 Å². The SMILES string of the molecule is CC(=O)OCC1O[C@@H](O[Si](CCCCCCCCCCCC[N+](C)(C)C)(CCCCCCCCCCCC[N+](C)(C)C)O[C@@H]2OC(COC(C)=O)[C@@H](OC(C)=O)C(OC(C)=O)[C@@H]2OC(C)=O)[C@@H](OC(C)=O)C(OC(C)=O)[C@@H]1OC(C)=O. The van der Waals surface area contributed by atoms with Crippen molar-refractivity contribution in [2.24, 2.45) is 0 Å². The predicted molar refractivity (Wildman–Crippen MR) is 300 cm³/mol. The highest BCUT2D eigenvalue weighted by Gasteiger charge is 2.59. The largest absolute Gasteiger partial charge is 0.463 e. The fourth-order valence-electron chi connectivity index (χ4n) is 10.2. The van der Waals surface area contributed by atoms with Crippen LogP contribution in [0.3, 0.4) is 0 Å². The fraction of sp³-hybridized carbons (Fsp3) is 0.862. The van der Waals surface area contributed by atoms with E-state index in [0.29, 0.717) is 12.8 Å². The third-order valence-corrected chi connectivity index (χ3v) is 17.4. The summed E-state index contributed by atoms with van der Waals surface area (Å²) in [6.07, 6.45) is 4.63. The minimum atomic E-state index is -4.11. The summed E-state index contributed by atoms with van der Waals surface area (Å²) in [4.78, 5) is 102. The maximum absolute atomic E-state index is 13.1. The van der Waals surface area contributed by atoms with Gasteiger partial charge in [0.15, 0.2) is 49.2 Å². The topological polar surface area (TPSA) is 247 Å². The molecule has 0 radical (unpaired) electrons. The third kappa shape index (κ3) is 31.8. The molecule has 0 aromatic rings. The van der Waals surface area contributed by atoms with Gasteiger partial charge < -0.3 is 65.2 Å². The van der Waals surface area contributed by atoms with Crippen molar-refractivity contribution in [2.45, 2.75) is 257 Å². The quantitative estimate of drug-likeness (QED) is 0.0186. The van der Waals surface area contributed by atoms with Crippen molar-refractivity contribution in [1.82, 2.24) is 0 Å². The first-order chi connectivity index (χ1) is 38.0. The van der Waals surface area contributed by atoms with Crippen LogP contribution in [0.15, 0.2) is 0 Å². The van der Waals surface area contributed by atoms with Crippen molar-refractivity contribution >= 4 is 56.3 Å². The molecule has 0 aromatic carbocycles. The lowest BCUT2D eigenvalue weighted by atomic mass is 9.98. The Labute approximate surface area is 484 Å². The maximum Gasteiger partial charge on any atom is 0.342 e. The van der Waals surface area contributed by atoms with E-state index in [0.717, 1.165) is 141 Å². The third-order valence-electron chi connectivity index (χ3n) is 13.8. The number of hydrogen-bond donors (Lipinski definition) is 0. The molecule has 4 unspecified atom stereocenters. The van der Waals surface area contributed by atoms with Crippen LogP contribution in [0.25, 0.3) is 0 Å². The highest BCUT2D eigenvalue weighted by atomic mass is 28.4. The number of unbranched alkanes of at least 4 members (excludes halogenated alkanes) is 18. The van der Waals surface area contributed by atoms with Gasteiger partial charge in [0.05, 0.1) is 55.4 Å². The van der Waals surface area contributed by atoms with Crippen molar-refractivity contribution in [3.8, 4) is 0 Å². The van der Waals surface area contributed by atoms with Gasteiger partial charge >= 0.3 is 56.3 Å². The second-order valence-electron chi connectivity index (χ2n) is 23.9. The van der Waals surface area contributed by atoms with Crippen molar-refractivity contribution in [2.75, 3.05) is 68.6 Å². The van der Waals surface area contributed by atoms with Crippen LogP contribution in [0.4, 0.5) is 0 Å². The van der Waals surface area contributed by atoms with E-state index < -0.39 is 131 Å². The minimum absolute atomic E-state index is 0.229. The molecule has 81 heavy (non-hydrogen) atoms. The van der Waals surface area contributed by atoms with Gasteiger partial charge in [0, 0.05) is 55.4 Å². The molecule has 2 aliphatic rings. The Kier molecular flexibility index (Phi) is 34.0. The Morgan fingerprint density at radius 2 is 0.556 bits per heavy atom. The van der Waals surface area contributed by atoms with Crippen molar-refractivity contribution in [1.29, 1.82) is 0 Å². The molecule has 0 aromatic heterocycles. The number of carbonyl (C=O) groups excluding carboxylic acids is 8. The van der Waals surface area contributed by atoms with E-state index in [2.05, 4.69) is 42.3 Å². The Hall–Kier alpha value is -4.26. The summed E-state index contributed by atoms with van der Waals surface area (Å²) in [5, 5.41) is 0. The van der Waals surface area contributed by atoms with Crippen molar-refractivity contribution in [3.63, 3.8) is 0 Å². The average Bonchev–Trinajstić information content (AvgIpc) is 3.46. The molecular weight excluding hydrogens is 1070 g/mol. The van der Waals surface area contributed by atoms with Gasteiger partial charge in [0.25, 0.3) is 0 Å². The molecule has 0 saturated carbocycles.